The number of nitrogens with zero attached hydrogens (tertiary/aromatic N) is 3. The fourth-order valence-electron chi connectivity index (χ4n) is 2.51. The third-order valence-corrected chi connectivity index (χ3v) is 3.85. The molecule has 0 atom stereocenters. The fraction of sp³-hybridized carbons (Fsp3) is 0.500. The lowest BCUT2D eigenvalue weighted by molar-refractivity contribution is 0.218. The molecule has 1 saturated heterocycles. The van der Waals surface area contributed by atoms with Gasteiger partial charge < -0.3 is 10.6 Å². The Bertz CT molecular complexity index is 562. The molecule has 0 unspecified atom stereocenters. The number of nitriles is 1. The Labute approximate surface area is 125 Å². The van der Waals surface area contributed by atoms with Crippen LogP contribution < -0.4 is 10.6 Å². The summed E-state index contributed by atoms with van der Waals surface area (Å²) in [6.45, 7) is 5.91. The van der Waals surface area contributed by atoms with Gasteiger partial charge in [0.05, 0.1) is 22.9 Å². The van der Waals surface area contributed by atoms with Crippen LogP contribution in [0.1, 0.15) is 26.7 Å². The van der Waals surface area contributed by atoms with Crippen LogP contribution in [-0.4, -0.2) is 30.6 Å². The number of rotatable bonds is 5. The Morgan fingerprint density at radius 1 is 1.33 bits per heavy atom. The van der Waals surface area contributed by atoms with Gasteiger partial charge in [0.2, 0.25) is 0 Å². The molecule has 0 aromatic heterocycles. The van der Waals surface area contributed by atoms with Crippen molar-refractivity contribution in [3.8, 4) is 6.07 Å². The number of benzene rings is 1. The summed E-state index contributed by atoms with van der Waals surface area (Å²) in [6.07, 6.45) is 1.63. The molecule has 5 heteroatoms. The standard InChI is InChI=1S/C16H22N4O/c1-16(2,12-17)8-5-9-19-10-11-20(15(19)21)14-7-4-3-6-13(14)18/h3-4,6-7H,5,8-11,18H2,1-2H3. The first-order chi connectivity index (χ1) is 9.94. The largest absolute Gasteiger partial charge is 0.397 e. The van der Waals surface area contributed by atoms with E-state index in [1.54, 1.807) is 11.0 Å². The van der Waals surface area contributed by atoms with Crippen molar-refractivity contribution in [2.24, 2.45) is 5.41 Å². The number of carbonyl (C=O) groups is 1. The van der Waals surface area contributed by atoms with Crippen LogP contribution in [0.5, 0.6) is 0 Å². The average molecular weight is 286 g/mol. The van der Waals surface area contributed by atoms with Gasteiger partial charge in [0.25, 0.3) is 0 Å². The first kappa shape index (κ1) is 15.2. The second kappa shape index (κ2) is 6.04. The van der Waals surface area contributed by atoms with Gasteiger partial charge in [-0.15, -0.1) is 0 Å². The first-order valence-electron chi connectivity index (χ1n) is 7.27. The maximum absolute atomic E-state index is 12.4. The van der Waals surface area contributed by atoms with Crippen LogP contribution in [0.15, 0.2) is 24.3 Å². The lowest BCUT2D eigenvalue weighted by Crippen LogP contribution is -2.33. The lowest BCUT2D eigenvalue weighted by atomic mass is 9.90. The third kappa shape index (κ3) is 3.46. The van der Waals surface area contributed by atoms with E-state index in [1.165, 1.54) is 0 Å². The van der Waals surface area contributed by atoms with E-state index >= 15 is 0 Å². The molecule has 1 heterocycles. The second-order valence-corrected chi connectivity index (χ2v) is 6.08. The molecule has 0 aliphatic carbocycles. The Kier molecular flexibility index (Phi) is 4.37. The highest BCUT2D eigenvalue weighted by atomic mass is 16.2. The van der Waals surface area contributed by atoms with E-state index in [1.807, 2.05) is 36.9 Å². The quantitative estimate of drug-likeness (QED) is 0.846. The minimum absolute atomic E-state index is 0.00247. The molecule has 0 radical (unpaired) electrons. The van der Waals surface area contributed by atoms with E-state index in [-0.39, 0.29) is 11.4 Å². The highest BCUT2D eigenvalue weighted by Gasteiger charge is 2.30. The first-order valence-corrected chi connectivity index (χ1v) is 7.27. The summed E-state index contributed by atoms with van der Waals surface area (Å²) in [5, 5.41) is 9.01. The van der Waals surface area contributed by atoms with Crippen molar-refractivity contribution in [3.05, 3.63) is 24.3 Å². The van der Waals surface area contributed by atoms with Crippen LogP contribution >= 0.6 is 0 Å². The monoisotopic (exact) mass is 286 g/mol. The fourth-order valence-corrected chi connectivity index (χ4v) is 2.51. The van der Waals surface area contributed by atoms with Crippen LogP contribution in [0, 0.1) is 16.7 Å². The van der Waals surface area contributed by atoms with Gasteiger partial charge >= 0.3 is 6.03 Å². The summed E-state index contributed by atoms with van der Waals surface area (Å²) in [7, 11) is 0. The van der Waals surface area contributed by atoms with Crippen LogP contribution in [0.2, 0.25) is 0 Å². The molecule has 2 rings (SSSR count). The molecular weight excluding hydrogens is 264 g/mol. The normalized spacial score (nSPS) is 15.4. The van der Waals surface area contributed by atoms with E-state index in [0.29, 0.717) is 25.3 Å². The minimum atomic E-state index is -0.327. The highest BCUT2D eigenvalue weighted by molar-refractivity contribution is 5.97. The number of nitrogen functional groups attached to an aromatic ring is 1. The van der Waals surface area contributed by atoms with Crippen LogP contribution in [-0.2, 0) is 0 Å². The van der Waals surface area contributed by atoms with Crippen LogP contribution in [0.4, 0.5) is 16.2 Å². The molecule has 0 saturated carbocycles. The molecule has 0 bridgehead atoms. The zero-order chi connectivity index (χ0) is 15.5. The number of urea groups is 1. The predicted octanol–water partition coefficient (Wildman–Crippen LogP) is 2.84. The maximum atomic E-state index is 12.4. The van der Waals surface area contributed by atoms with Gasteiger partial charge in [0.1, 0.15) is 0 Å². The summed E-state index contributed by atoms with van der Waals surface area (Å²) in [5.41, 5.74) is 7.01. The molecule has 2 N–H and O–H groups in total. The Morgan fingerprint density at radius 3 is 2.71 bits per heavy atom. The Morgan fingerprint density at radius 2 is 2.05 bits per heavy atom. The number of amides is 2. The highest BCUT2D eigenvalue weighted by Crippen LogP contribution is 2.27. The number of hydrogen-bond donors (Lipinski definition) is 1. The maximum Gasteiger partial charge on any atom is 0.324 e. The second-order valence-electron chi connectivity index (χ2n) is 6.08. The van der Waals surface area contributed by atoms with Gasteiger partial charge in [-0.3, -0.25) is 4.90 Å². The molecular formula is C16H22N4O. The van der Waals surface area contributed by atoms with Gasteiger partial charge in [-0.2, -0.15) is 5.26 Å². The summed E-state index contributed by atoms with van der Waals surface area (Å²) >= 11 is 0. The van der Waals surface area contributed by atoms with Crippen molar-refractivity contribution in [3.63, 3.8) is 0 Å². The number of carbonyl (C=O) groups excluding carboxylic acids is 1. The summed E-state index contributed by atoms with van der Waals surface area (Å²) < 4.78 is 0. The molecule has 0 spiro atoms. The summed E-state index contributed by atoms with van der Waals surface area (Å²) in [6, 6.07) is 9.72. The van der Waals surface area contributed by atoms with Crippen molar-refractivity contribution >= 4 is 17.4 Å². The van der Waals surface area contributed by atoms with Gasteiger partial charge in [-0.1, -0.05) is 12.1 Å². The molecule has 5 nitrogen and oxygen atoms in total. The van der Waals surface area contributed by atoms with Crippen molar-refractivity contribution < 1.29 is 4.79 Å². The third-order valence-electron chi connectivity index (χ3n) is 3.85. The SMILES string of the molecule is CC(C)(C#N)CCCN1CCN(c2ccccc2N)C1=O. The van der Waals surface area contributed by atoms with Gasteiger partial charge in [-0.25, -0.2) is 4.79 Å². The van der Waals surface area contributed by atoms with Crippen molar-refractivity contribution in [1.82, 2.24) is 4.90 Å². The van der Waals surface area contributed by atoms with Crippen molar-refractivity contribution in [2.45, 2.75) is 26.7 Å². The van der Waals surface area contributed by atoms with E-state index < -0.39 is 0 Å². The number of para-hydroxylation sites is 2. The zero-order valence-electron chi connectivity index (χ0n) is 12.7. The average Bonchev–Trinajstić information content (AvgIpc) is 2.81. The Balaban J connectivity index is 1.94. The zero-order valence-corrected chi connectivity index (χ0v) is 12.7. The van der Waals surface area contributed by atoms with E-state index in [2.05, 4.69) is 6.07 Å². The number of anilines is 2. The molecule has 2 amide bonds. The van der Waals surface area contributed by atoms with Gasteiger partial charge in [0.15, 0.2) is 0 Å². The van der Waals surface area contributed by atoms with E-state index in [0.717, 1.165) is 18.5 Å². The van der Waals surface area contributed by atoms with Crippen LogP contribution in [0.25, 0.3) is 0 Å². The number of hydrogen-bond acceptors (Lipinski definition) is 3. The predicted molar refractivity (Wildman–Crippen MR) is 83.8 cm³/mol. The molecule has 112 valence electrons. The molecule has 21 heavy (non-hydrogen) atoms. The van der Waals surface area contributed by atoms with Crippen molar-refractivity contribution in [1.29, 1.82) is 5.26 Å². The summed E-state index contributed by atoms with van der Waals surface area (Å²) in [4.78, 5) is 16.0. The lowest BCUT2D eigenvalue weighted by Gasteiger charge is -2.21. The molecule has 1 aliphatic rings. The topological polar surface area (TPSA) is 73.4 Å². The van der Waals surface area contributed by atoms with E-state index in [4.69, 9.17) is 11.0 Å². The Hall–Kier alpha value is -2.22. The van der Waals surface area contributed by atoms with Crippen molar-refractivity contribution in [2.75, 3.05) is 30.3 Å². The summed E-state index contributed by atoms with van der Waals surface area (Å²) in [5.74, 6) is 0. The minimum Gasteiger partial charge on any atom is -0.397 e. The molecule has 1 aromatic rings. The molecule has 1 aliphatic heterocycles. The molecule has 1 fully saturated rings. The van der Waals surface area contributed by atoms with Crippen LogP contribution in [0.3, 0.4) is 0 Å². The van der Waals surface area contributed by atoms with Gasteiger partial charge in [0, 0.05) is 19.6 Å². The van der Waals surface area contributed by atoms with Gasteiger partial charge in [-0.05, 0) is 38.8 Å². The van der Waals surface area contributed by atoms with E-state index in [9.17, 15) is 4.79 Å². The molecule has 1 aromatic carbocycles. The number of nitrogens with two attached hydrogens (primary N) is 1. The smallest absolute Gasteiger partial charge is 0.324 e.